The van der Waals surface area contributed by atoms with Crippen LogP contribution in [-0.2, 0) is 54.0 Å². The molecule has 0 amide bonds. The number of carboxylic acids is 2. The van der Waals surface area contributed by atoms with Gasteiger partial charge < -0.3 is 43.4 Å². The molecule has 0 aliphatic carbocycles. The number of carbonyl (C=O) groups is 4. The standard InChI is InChI=1S/C35H58N4O13/c1-5-49-18-19-50-20-21-51-22-23-52-29-8-6-28(7-9-29)24-30(34(43)44)38-14-10-36(25-32(40)41)11-16-39(31(27-46-2)35(45)48-4)17-13-37(12-15-38)26-33(42)47-3/h6-9,30-31H,5,10-27H2,1-4H3,(H,40,41)(H,43,44). The SMILES string of the molecule is CCOCCOCCOCCOc1ccc(CC(C(=O)O)N2CCN(CC(=O)O)CCN(C(COC)C(=O)OC)CCN(CC(=O)OC)CC2)cc1. The Kier molecular flexibility index (Phi) is 22.7. The lowest BCUT2D eigenvalue weighted by atomic mass is 10.0. The number of hydrogen-bond donors (Lipinski definition) is 2. The summed E-state index contributed by atoms with van der Waals surface area (Å²) in [5.41, 5.74) is 0.780. The molecule has 0 bridgehead atoms. The van der Waals surface area contributed by atoms with Gasteiger partial charge in [-0.05, 0) is 31.0 Å². The molecule has 1 saturated heterocycles. The second-order valence-electron chi connectivity index (χ2n) is 12.1. The van der Waals surface area contributed by atoms with Crippen LogP contribution in [0.5, 0.6) is 5.75 Å². The average molecular weight is 743 g/mol. The molecule has 0 aromatic heterocycles. The molecule has 1 aliphatic heterocycles. The number of ether oxygens (including phenoxy) is 7. The van der Waals surface area contributed by atoms with Crippen LogP contribution < -0.4 is 4.74 Å². The molecule has 296 valence electrons. The van der Waals surface area contributed by atoms with Crippen LogP contribution in [0.1, 0.15) is 12.5 Å². The molecule has 52 heavy (non-hydrogen) atoms. The highest BCUT2D eigenvalue weighted by Gasteiger charge is 2.31. The Balaban J connectivity index is 2.14. The van der Waals surface area contributed by atoms with E-state index in [1.807, 2.05) is 33.8 Å². The van der Waals surface area contributed by atoms with Gasteiger partial charge >= 0.3 is 23.9 Å². The average Bonchev–Trinajstić information content (AvgIpc) is 3.12. The first-order valence-corrected chi connectivity index (χ1v) is 17.6. The lowest BCUT2D eigenvalue weighted by Crippen LogP contribution is -2.54. The van der Waals surface area contributed by atoms with Crippen LogP contribution in [0.25, 0.3) is 0 Å². The lowest BCUT2D eigenvalue weighted by Gasteiger charge is -2.37. The summed E-state index contributed by atoms with van der Waals surface area (Å²) in [7, 11) is 4.07. The van der Waals surface area contributed by atoms with E-state index in [1.165, 1.54) is 21.3 Å². The predicted octanol–water partition coefficient (Wildman–Crippen LogP) is -0.202. The van der Waals surface area contributed by atoms with Crippen LogP contribution in [0.2, 0.25) is 0 Å². The van der Waals surface area contributed by atoms with Crippen molar-refractivity contribution in [2.45, 2.75) is 25.4 Å². The van der Waals surface area contributed by atoms with Gasteiger partial charge in [0.2, 0.25) is 0 Å². The molecule has 0 radical (unpaired) electrons. The molecule has 2 N–H and O–H groups in total. The minimum atomic E-state index is -1.03. The van der Waals surface area contributed by atoms with Crippen molar-refractivity contribution in [3.63, 3.8) is 0 Å². The number of carbonyl (C=O) groups excluding carboxylic acids is 2. The Labute approximate surface area is 306 Å². The van der Waals surface area contributed by atoms with Crippen LogP contribution in [-0.4, -0.2) is 205 Å². The van der Waals surface area contributed by atoms with E-state index >= 15 is 0 Å². The largest absolute Gasteiger partial charge is 0.491 e. The van der Waals surface area contributed by atoms with Crippen molar-refractivity contribution in [3.8, 4) is 5.75 Å². The van der Waals surface area contributed by atoms with Gasteiger partial charge in [-0.3, -0.25) is 38.8 Å². The Morgan fingerprint density at radius 1 is 0.673 bits per heavy atom. The fourth-order valence-corrected chi connectivity index (χ4v) is 5.64. The summed E-state index contributed by atoms with van der Waals surface area (Å²) in [4.78, 5) is 56.9. The van der Waals surface area contributed by atoms with Gasteiger partial charge in [-0.25, -0.2) is 0 Å². The van der Waals surface area contributed by atoms with Gasteiger partial charge in [0, 0.05) is 66.1 Å². The molecule has 1 aromatic carbocycles. The number of carboxylic acid groups (broad SMARTS) is 2. The maximum absolute atomic E-state index is 12.7. The Hall–Kier alpha value is -3.42. The molecule has 1 aliphatic rings. The van der Waals surface area contributed by atoms with Gasteiger partial charge in [-0.1, -0.05) is 12.1 Å². The van der Waals surface area contributed by atoms with E-state index in [1.54, 1.807) is 17.0 Å². The van der Waals surface area contributed by atoms with E-state index in [0.717, 1.165) is 5.56 Å². The van der Waals surface area contributed by atoms with E-state index in [-0.39, 0.29) is 52.3 Å². The quantitative estimate of drug-likeness (QED) is 0.111. The van der Waals surface area contributed by atoms with Crippen molar-refractivity contribution in [1.29, 1.82) is 0 Å². The van der Waals surface area contributed by atoms with E-state index in [4.69, 9.17) is 33.2 Å². The molecule has 1 fully saturated rings. The van der Waals surface area contributed by atoms with Gasteiger partial charge in [0.05, 0.1) is 67.0 Å². The second kappa shape index (κ2) is 26.4. The number of esters is 2. The molecule has 0 spiro atoms. The maximum Gasteiger partial charge on any atom is 0.325 e. The van der Waals surface area contributed by atoms with Crippen molar-refractivity contribution in [3.05, 3.63) is 29.8 Å². The van der Waals surface area contributed by atoms with Crippen molar-refractivity contribution in [2.24, 2.45) is 0 Å². The van der Waals surface area contributed by atoms with Crippen LogP contribution >= 0.6 is 0 Å². The number of nitrogens with zero attached hydrogens (tertiary/aromatic N) is 4. The highest BCUT2D eigenvalue weighted by atomic mass is 16.6. The molecule has 2 atom stereocenters. The van der Waals surface area contributed by atoms with E-state index < -0.39 is 36.0 Å². The molecular weight excluding hydrogens is 684 g/mol. The summed E-state index contributed by atoms with van der Waals surface area (Å²) in [5, 5.41) is 20.1. The number of hydrogen-bond acceptors (Lipinski definition) is 15. The minimum Gasteiger partial charge on any atom is -0.491 e. The number of rotatable bonds is 23. The highest BCUT2D eigenvalue weighted by molar-refractivity contribution is 5.76. The Bertz CT molecular complexity index is 1180. The van der Waals surface area contributed by atoms with E-state index in [2.05, 4.69) is 0 Å². The fraction of sp³-hybridized carbons (Fsp3) is 0.714. The first kappa shape index (κ1) is 44.7. The summed E-state index contributed by atoms with van der Waals surface area (Å²) >= 11 is 0. The zero-order chi connectivity index (χ0) is 38.1. The normalized spacial score (nSPS) is 17.0. The summed E-state index contributed by atoms with van der Waals surface area (Å²) in [5.74, 6) is -2.38. The third kappa shape index (κ3) is 17.9. The van der Waals surface area contributed by atoms with Gasteiger partial charge in [0.15, 0.2) is 0 Å². The van der Waals surface area contributed by atoms with Crippen LogP contribution in [0.15, 0.2) is 24.3 Å². The van der Waals surface area contributed by atoms with Crippen molar-refractivity contribution < 1.29 is 62.5 Å². The monoisotopic (exact) mass is 742 g/mol. The lowest BCUT2D eigenvalue weighted by molar-refractivity contribution is -0.150. The zero-order valence-corrected chi connectivity index (χ0v) is 31.1. The second-order valence-corrected chi connectivity index (χ2v) is 12.1. The van der Waals surface area contributed by atoms with Crippen LogP contribution in [0.4, 0.5) is 0 Å². The van der Waals surface area contributed by atoms with Crippen molar-refractivity contribution >= 4 is 23.9 Å². The smallest absolute Gasteiger partial charge is 0.325 e. The maximum atomic E-state index is 12.7. The highest BCUT2D eigenvalue weighted by Crippen LogP contribution is 2.17. The van der Waals surface area contributed by atoms with E-state index in [0.29, 0.717) is 78.2 Å². The minimum absolute atomic E-state index is 0.0387. The van der Waals surface area contributed by atoms with Crippen molar-refractivity contribution in [2.75, 3.05) is 140 Å². The molecule has 1 heterocycles. The van der Waals surface area contributed by atoms with Crippen LogP contribution in [0.3, 0.4) is 0 Å². The van der Waals surface area contributed by atoms with Gasteiger partial charge in [0.25, 0.3) is 0 Å². The topological polar surface area (TPSA) is 186 Å². The summed E-state index contributed by atoms with van der Waals surface area (Å²) in [6, 6.07) is 5.52. The third-order valence-corrected chi connectivity index (χ3v) is 8.51. The Morgan fingerprint density at radius 2 is 1.19 bits per heavy atom. The van der Waals surface area contributed by atoms with Crippen molar-refractivity contribution in [1.82, 2.24) is 19.6 Å². The molecule has 2 unspecified atom stereocenters. The molecule has 2 rings (SSSR count). The molecule has 0 saturated carbocycles. The molecule has 17 nitrogen and oxygen atoms in total. The first-order valence-electron chi connectivity index (χ1n) is 17.6. The zero-order valence-electron chi connectivity index (χ0n) is 31.1. The molecule has 17 heteroatoms. The first-order chi connectivity index (χ1) is 25.1. The fourth-order valence-electron chi connectivity index (χ4n) is 5.64. The number of aliphatic carboxylic acids is 2. The van der Waals surface area contributed by atoms with Gasteiger partial charge in [0.1, 0.15) is 24.4 Å². The van der Waals surface area contributed by atoms with E-state index in [9.17, 15) is 29.4 Å². The summed E-state index contributed by atoms with van der Waals surface area (Å²) < 4.78 is 37.2. The molecule has 1 aromatic rings. The summed E-state index contributed by atoms with van der Waals surface area (Å²) in [6.07, 6.45) is 0.184. The Morgan fingerprint density at radius 3 is 1.67 bits per heavy atom. The third-order valence-electron chi connectivity index (χ3n) is 8.51. The van der Waals surface area contributed by atoms with Crippen LogP contribution in [0, 0.1) is 0 Å². The summed E-state index contributed by atoms with van der Waals surface area (Å²) in [6.45, 7) is 7.37. The number of methoxy groups -OCH3 is 3. The van der Waals surface area contributed by atoms with Gasteiger partial charge in [-0.2, -0.15) is 0 Å². The predicted molar refractivity (Wildman–Crippen MR) is 189 cm³/mol. The number of benzene rings is 1. The molecular formula is C35H58N4O13. The van der Waals surface area contributed by atoms with Gasteiger partial charge in [-0.15, -0.1) is 0 Å².